The number of pyridine rings is 1. The summed E-state index contributed by atoms with van der Waals surface area (Å²) >= 11 is 0. The highest BCUT2D eigenvalue weighted by atomic mass is 19.4. The molecule has 0 amide bonds. The molecule has 140 valence electrons. The van der Waals surface area contributed by atoms with E-state index in [2.05, 4.69) is 4.98 Å². The Balaban J connectivity index is 1.48. The highest BCUT2D eigenvalue weighted by molar-refractivity contribution is 5.09. The van der Waals surface area contributed by atoms with Crippen LogP contribution in [0.25, 0.3) is 0 Å². The van der Waals surface area contributed by atoms with E-state index in [1.807, 2.05) is 23.1 Å². The first-order valence-electron chi connectivity index (χ1n) is 9.31. The molecule has 2 fully saturated rings. The van der Waals surface area contributed by atoms with Gasteiger partial charge in [-0.25, -0.2) is 4.98 Å². The molecule has 3 nitrogen and oxygen atoms in total. The lowest BCUT2D eigenvalue weighted by molar-refractivity contribution is -0.240. The van der Waals surface area contributed by atoms with Gasteiger partial charge in [-0.1, -0.05) is 25.3 Å². The lowest BCUT2D eigenvalue weighted by Gasteiger charge is -2.44. The van der Waals surface area contributed by atoms with Crippen LogP contribution in [-0.2, 0) is 0 Å². The average molecular weight is 356 g/mol. The van der Waals surface area contributed by atoms with Gasteiger partial charge in [-0.2, -0.15) is 13.2 Å². The van der Waals surface area contributed by atoms with Crippen molar-refractivity contribution in [2.24, 2.45) is 11.3 Å². The summed E-state index contributed by atoms with van der Waals surface area (Å²) in [6.07, 6.45) is 2.30. The normalized spacial score (nSPS) is 22.7. The van der Waals surface area contributed by atoms with Gasteiger partial charge in [-0.3, -0.25) is 0 Å². The number of hydrogen-bond acceptors (Lipinski definition) is 3. The highest BCUT2D eigenvalue weighted by Gasteiger charge is 2.55. The first kappa shape index (κ1) is 18.5. The zero-order valence-corrected chi connectivity index (χ0v) is 14.6. The predicted molar refractivity (Wildman–Crippen MR) is 90.5 cm³/mol. The molecule has 1 aromatic heterocycles. The fourth-order valence-corrected chi connectivity index (χ4v) is 4.13. The SMILES string of the molecule is FC(F)(F)C1(CN2CCC(COc3ccccn3)CC2)CCCCC1. The van der Waals surface area contributed by atoms with Gasteiger partial charge in [0, 0.05) is 18.8 Å². The monoisotopic (exact) mass is 356 g/mol. The third-order valence-corrected chi connectivity index (χ3v) is 5.75. The summed E-state index contributed by atoms with van der Waals surface area (Å²) in [5, 5.41) is 0. The smallest absolute Gasteiger partial charge is 0.395 e. The number of piperidine rings is 1. The molecule has 1 saturated heterocycles. The summed E-state index contributed by atoms with van der Waals surface area (Å²) < 4.78 is 46.7. The van der Waals surface area contributed by atoms with Gasteiger partial charge in [-0.05, 0) is 50.8 Å². The number of ether oxygens (including phenoxy) is 1. The molecule has 1 aliphatic carbocycles. The Morgan fingerprint density at radius 1 is 1.12 bits per heavy atom. The molecule has 1 aliphatic heterocycles. The van der Waals surface area contributed by atoms with E-state index in [9.17, 15) is 13.2 Å². The van der Waals surface area contributed by atoms with E-state index >= 15 is 0 Å². The van der Waals surface area contributed by atoms with Gasteiger partial charge >= 0.3 is 6.18 Å². The summed E-state index contributed by atoms with van der Waals surface area (Å²) in [7, 11) is 0. The second-order valence-corrected chi connectivity index (χ2v) is 7.54. The van der Waals surface area contributed by atoms with Crippen LogP contribution in [0, 0.1) is 11.3 Å². The minimum atomic E-state index is -4.09. The first-order chi connectivity index (χ1) is 12.0. The summed E-state index contributed by atoms with van der Waals surface area (Å²) in [5.41, 5.74) is -1.48. The third-order valence-electron chi connectivity index (χ3n) is 5.75. The molecular weight excluding hydrogens is 329 g/mol. The molecule has 0 radical (unpaired) electrons. The van der Waals surface area contributed by atoms with Gasteiger partial charge in [0.05, 0.1) is 12.0 Å². The molecule has 6 heteroatoms. The average Bonchev–Trinajstić information content (AvgIpc) is 2.62. The van der Waals surface area contributed by atoms with Crippen LogP contribution in [0.2, 0.25) is 0 Å². The van der Waals surface area contributed by atoms with Gasteiger partial charge in [0.25, 0.3) is 0 Å². The van der Waals surface area contributed by atoms with Gasteiger partial charge < -0.3 is 9.64 Å². The van der Waals surface area contributed by atoms with E-state index < -0.39 is 11.6 Å². The first-order valence-corrected chi connectivity index (χ1v) is 9.31. The number of aromatic nitrogens is 1. The number of rotatable bonds is 5. The van der Waals surface area contributed by atoms with E-state index in [-0.39, 0.29) is 6.54 Å². The van der Waals surface area contributed by atoms with Crippen molar-refractivity contribution in [3.05, 3.63) is 24.4 Å². The zero-order chi connectivity index (χ0) is 17.8. The fraction of sp³-hybridized carbons (Fsp3) is 0.737. The molecule has 0 aromatic carbocycles. The third kappa shape index (κ3) is 4.66. The fourth-order valence-electron chi connectivity index (χ4n) is 4.13. The Morgan fingerprint density at radius 2 is 1.84 bits per heavy atom. The Bertz CT molecular complexity index is 521. The molecule has 0 unspecified atom stereocenters. The maximum Gasteiger partial charge on any atom is 0.395 e. The van der Waals surface area contributed by atoms with Gasteiger partial charge in [0.2, 0.25) is 5.88 Å². The van der Waals surface area contributed by atoms with Gasteiger partial charge in [0.1, 0.15) is 0 Å². The summed E-state index contributed by atoms with van der Waals surface area (Å²) in [6.45, 7) is 2.22. The topological polar surface area (TPSA) is 25.4 Å². The maximum absolute atomic E-state index is 13.7. The van der Waals surface area contributed by atoms with Crippen molar-refractivity contribution in [2.45, 2.75) is 51.1 Å². The molecule has 0 spiro atoms. The zero-order valence-electron chi connectivity index (χ0n) is 14.6. The van der Waals surface area contributed by atoms with Crippen LogP contribution < -0.4 is 4.74 Å². The van der Waals surface area contributed by atoms with Crippen molar-refractivity contribution in [2.75, 3.05) is 26.2 Å². The van der Waals surface area contributed by atoms with Crippen molar-refractivity contribution in [3.8, 4) is 5.88 Å². The van der Waals surface area contributed by atoms with Gasteiger partial charge in [0.15, 0.2) is 0 Å². The van der Waals surface area contributed by atoms with E-state index in [0.717, 1.165) is 32.4 Å². The maximum atomic E-state index is 13.7. The Labute approximate surface area is 147 Å². The number of halogens is 3. The second kappa shape index (κ2) is 7.94. The lowest BCUT2D eigenvalue weighted by Crippen LogP contribution is -2.50. The minimum Gasteiger partial charge on any atom is -0.477 e. The number of nitrogens with zero attached hydrogens (tertiary/aromatic N) is 2. The summed E-state index contributed by atoms with van der Waals surface area (Å²) in [4.78, 5) is 6.16. The molecule has 1 aromatic rings. The highest BCUT2D eigenvalue weighted by Crippen LogP contribution is 2.49. The lowest BCUT2D eigenvalue weighted by atomic mass is 9.72. The standard InChI is InChI=1S/C19H27F3N2O/c20-19(21,22)18(9-3-1-4-10-18)15-24-12-7-16(8-13-24)14-25-17-6-2-5-11-23-17/h2,5-6,11,16H,1,3-4,7-10,12-15H2. The Kier molecular flexibility index (Phi) is 5.87. The van der Waals surface area contributed by atoms with E-state index in [1.54, 1.807) is 6.20 Å². The number of hydrogen-bond donors (Lipinski definition) is 0. The van der Waals surface area contributed by atoms with Crippen LogP contribution in [0.15, 0.2) is 24.4 Å². The number of likely N-dealkylation sites (tertiary alicyclic amines) is 1. The molecule has 3 rings (SSSR count). The van der Waals surface area contributed by atoms with Crippen molar-refractivity contribution in [1.82, 2.24) is 9.88 Å². The largest absolute Gasteiger partial charge is 0.477 e. The molecule has 25 heavy (non-hydrogen) atoms. The molecule has 0 bridgehead atoms. The molecule has 0 atom stereocenters. The predicted octanol–water partition coefficient (Wildman–Crippen LogP) is 4.69. The summed E-state index contributed by atoms with van der Waals surface area (Å²) in [5.74, 6) is 1.01. The molecule has 0 N–H and O–H groups in total. The van der Waals surface area contributed by atoms with E-state index in [0.29, 0.717) is 44.1 Å². The molecular formula is C19H27F3N2O. The quantitative estimate of drug-likeness (QED) is 0.766. The van der Waals surface area contributed by atoms with Gasteiger partial charge in [-0.15, -0.1) is 0 Å². The Morgan fingerprint density at radius 3 is 2.44 bits per heavy atom. The van der Waals surface area contributed by atoms with E-state index in [4.69, 9.17) is 4.74 Å². The Hall–Kier alpha value is -1.30. The molecule has 2 aliphatic rings. The van der Waals surface area contributed by atoms with Crippen molar-refractivity contribution in [1.29, 1.82) is 0 Å². The van der Waals surface area contributed by atoms with Crippen molar-refractivity contribution >= 4 is 0 Å². The molecule has 2 heterocycles. The minimum absolute atomic E-state index is 0.171. The van der Waals surface area contributed by atoms with Crippen LogP contribution in [-0.4, -0.2) is 42.3 Å². The van der Waals surface area contributed by atoms with E-state index in [1.165, 1.54) is 0 Å². The van der Waals surface area contributed by atoms with Crippen LogP contribution in [0.4, 0.5) is 13.2 Å². The van der Waals surface area contributed by atoms with Crippen molar-refractivity contribution in [3.63, 3.8) is 0 Å². The van der Waals surface area contributed by atoms with Crippen LogP contribution in [0.5, 0.6) is 5.88 Å². The summed E-state index contributed by atoms with van der Waals surface area (Å²) in [6, 6.07) is 5.55. The number of alkyl halides is 3. The van der Waals surface area contributed by atoms with Crippen LogP contribution in [0.3, 0.4) is 0 Å². The van der Waals surface area contributed by atoms with Crippen molar-refractivity contribution < 1.29 is 17.9 Å². The second-order valence-electron chi connectivity index (χ2n) is 7.54. The van der Waals surface area contributed by atoms with Crippen LogP contribution >= 0.6 is 0 Å². The molecule has 1 saturated carbocycles. The van der Waals surface area contributed by atoms with Crippen LogP contribution in [0.1, 0.15) is 44.9 Å².